The number of rotatable bonds is 7. The monoisotopic (exact) mass is 362 g/mol. The lowest BCUT2D eigenvalue weighted by Crippen LogP contribution is -2.40. The van der Waals surface area contributed by atoms with Gasteiger partial charge in [0.2, 0.25) is 0 Å². The van der Waals surface area contributed by atoms with Gasteiger partial charge in [-0.3, -0.25) is 0 Å². The second-order valence-corrected chi connectivity index (χ2v) is 6.40. The maximum absolute atomic E-state index is 13.7. The van der Waals surface area contributed by atoms with Crippen LogP contribution in [0.15, 0.2) is 84.9 Å². The number of carbonyl (C=O) groups is 1. The molecule has 1 N–H and O–H groups in total. The minimum atomic E-state index is -0.239. The number of hydrogen-bond acceptors (Lipinski definition) is 1. The fourth-order valence-electron chi connectivity index (χ4n) is 2.92. The molecule has 0 atom stereocenters. The molecule has 0 aliphatic carbocycles. The van der Waals surface area contributed by atoms with Gasteiger partial charge in [-0.25, -0.2) is 9.18 Å². The Labute approximate surface area is 159 Å². The summed E-state index contributed by atoms with van der Waals surface area (Å²) in [7, 11) is 0. The SMILES string of the molecule is O=C(NCCc1ccccc1F)N(Cc1ccccc1)Cc1ccccc1. The molecule has 0 spiro atoms. The lowest BCUT2D eigenvalue weighted by Gasteiger charge is -2.23. The molecule has 0 aromatic heterocycles. The quantitative estimate of drug-likeness (QED) is 0.644. The summed E-state index contributed by atoms with van der Waals surface area (Å²) in [5, 5.41) is 2.92. The standard InChI is InChI=1S/C23H23FN2O/c24-22-14-8-7-13-21(22)15-16-25-23(27)26(17-19-9-3-1-4-10-19)18-20-11-5-2-6-12-20/h1-14H,15-18H2,(H,25,27). The second kappa shape index (κ2) is 9.53. The van der Waals surface area contributed by atoms with Gasteiger partial charge >= 0.3 is 6.03 Å². The van der Waals surface area contributed by atoms with Crippen molar-refractivity contribution >= 4 is 6.03 Å². The van der Waals surface area contributed by atoms with Crippen LogP contribution in [0, 0.1) is 5.82 Å². The van der Waals surface area contributed by atoms with E-state index in [4.69, 9.17) is 0 Å². The van der Waals surface area contributed by atoms with E-state index in [2.05, 4.69) is 5.32 Å². The zero-order chi connectivity index (χ0) is 18.9. The third-order valence-corrected chi connectivity index (χ3v) is 4.35. The first kappa shape index (κ1) is 18.6. The van der Waals surface area contributed by atoms with E-state index in [-0.39, 0.29) is 11.8 Å². The van der Waals surface area contributed by atoms with E-state index in [1.807, 2.05) is 60.7 Å². The first-order chi connectivity index (χ1) is 13.2. The number of halogens is 1. The highest BCUT2D eigenvalue weighted by Crippen LogP contribution is 2.11. The molecule has 3 nitrogen and oxygen atoms in total. The van der Waals surface area contributed by atoms with Crippen molar-refractivity contribution in [2.75, 3.05) is 6.54 Å². The average molecular weight is 362 g/mol. The normalized spacial score (nSPS) is 10.4. The van der Waals surface area contributed by atoms with Gasteiger partial charge in [-0.15, -0.1) is 0 Å². The smallest absolute Gasteiger partial charge is 0.318 e. The zero-order valence-corrected chi connectivity index (χ0v) is 15.1. The van der Waals surface area contributed by atoms with E-state index >= 15 is 0 Å². The summed E-state index contributed by atoms with van der Waals surface area (Å²) in [5.74, 6) is -0.239. The van der Waals surface area contributed by atoms with E-state index in [9.17, 15) is 9.18 Å². The minimum absolute atomic E-state index is 0.154. The van der Waals surface area contributed by atoms with Crippen molar-refractivity contribution in [1.82, 2.24) is 10.2 Å². The molecule has 0 bridgehead atoms. The van der Waals surface area contributed by atoms with Crippen molar-refractivity contribution in [1.29, 1.82) is 0 Å². The van der Waals surface area contributed by atoms with Gasteiger partial charge in [0, 0.05) is 19.6 Å². The molecule has 0 fully saturated rings. The van der Waals surface area contributed by atoms with E-state index < -0.39 is 0 Å². The van der Waals surface area contributed by atoms with Crippen LogP contribution in [0.4, 0.5) is 9.18 Å². The van der Waals surface area contributed by atoms with E-state index in [0.29, 0.717) is 31.6 Å². The lowest BCUT2D eigenvalue weighted by molar-refractivity contribution is 0.192. The number of benzene rings is 3. The Morgan fingerprint density at radius 3 is 1.85 bits per heavy atom. The van der Waals surface area contributed by atoms with Crippen molar-refractivity contribution < 1.29 is 9.18 Å². The Balaban J connectivity index is 1.63. The van der Waals surface area contributed by atoms with Crippen LogP contribution < -0.4 is 5.32 Å². The molecule has 0 saturated carbocycles. The molecule has 3 aromatic carbocycles. The largest absolute Gasteiger partial charge is 0.338 e. The molecule has 2 amide bonds. The van der Waals surface area contributed by atoms with Gasteiger partial charge in [0.15, 0.2) is 0 Å². The van der Waals surface area contributed by atoms with E-state index in [1.54, 1.807) is 23.1 Å². The van der Waals surface area contributed by atoms with Gasteiger partial charge in [-0.2, -0.15) is 0 Å². The summed E-state index contributed by atoms with van der Waals surface area (Å²) in [6.45, 7) is 1.42. The van der Waals surface area contributed by atoms with E-state index in [0.717, 1.165) is 11.1 Å². The summed E-state index contributed by atoms with van der Waals surface area (Å²) in [6, 6.07) is 26.3. The molecule has 0 saturated heterocycles. The maximum atomic E-state index is 13.7. The Bertz CT molecular complexity index is 811. The van der Waals surface area contributed by atoms with Gasteiger partial charge in [-0.05, 0) is 29.2 Å². The van der Waals surface area contributed by atoms with Gasteiger partial charge < -0.3 is 10.2 Å². The third-order valence-electron chi connectivity index (χ3n) is 4.35. The molecule has 0 heterocycles. The summed E-state index contributed by atoms with van der Waals surface area (Å²) in [5.41, 5.74) is 2.74. The van der Waals surface area contributed by atoms with Crippen LogP contribution in [-0.2, 0) is 19.5 Å². The van der Waals surface area contributed by atoms with Gasteiger partial charge in [0.05, 0.1) is 0 Å². The number of nitrogens with zero attached hydrogens (tertiary/aromatic N) is 1. The van der Waals surface area contributed by atoms with Crippen LogP contribution in [0.25, 0.3) is 0 Å². The molecule has 27 heavy (non-hydrogen) atoms. The molecule has 0 unspecified atom stereocenters. The van der Waals surface area contributed by atoms with Crippen molar-refractivity contribution in [3.05, 3.63) is 107 Å². The Morgan fingerprint density at radius 1 is 0.778 bits per heavy atom. The van der Waals surface area contributed by atoms with E-state index in [1.165, 1.54) is 6.07 Å². The van der Waals surface area contributed by atoms with Gasteiger partial charge in [0.25, 0.3) is 0 Å². The molecule has 0 radical (unpaired) electrons. The van der Waals surface area contributed by atoms with Crippen LogP contribution in [0.3, 0.4) is 0 Å². The molecule has 0 aliphatic rings. The summed E-state index contributed by atoms with van der Waals surface area (Å²) in [6.07, 6.45) is 0.461. The number of nitrogens with one attached hydrogen (secondary N) is 1. The highest BCUT2D eigenvalue weighted by molar-refractivity contribution is 5.74. The molecule has 3 rings (SSSR count). The molecular weight excluding hydrogens is 339 g/mol. The number of urea groups is 1. The van der Waals surface area contributed by atoms with Crippen molar-refractivity contribution in [2.24, 2.45) is 0 Å². The first-order valence-corrected chi connectivity index (χ1v) is 9.06. The van der Waals surface area contributed by atoms with Crippen LogP contribution in [0.1, 0.15) is 16.7 Å². The fourth-order valence-corrected chi connectivity index (χ4v) is 2.92. The highest BCUT2D eigenvalue weighted by Gasteiger charge is 2.14. The van der Waals surface area contributed by atoms with Crippen LogP contribution in [-0.4, -0.2) is 17.5 Å². The number of hydrogen-bond donors (Lipinski definition) is 1. The summed E-state index contributed by atoms with van der Waals surface area (Å²) >= 11 is 0. The fraction of sp³-hybridized carbons (Fsp3) is 0.174. The molecule has 3 aromatic rings. The van der Waals surface area contributed by atoms with Gasteiger partial charge in [-0.1, -0.05) is 78.9 Å². The van der Waals surface area contributed by atoms with Crippen molar-refractivity contribution in [3.8, 4) is 0 Å². The lowest BCUT2D eigenvalue weighted by atomic mass is 10.1. The molecule has 0 aliphatic heterocycles. The molecule has 4 heteroatoms. The zero-order valence-electron chi connectivity index (χ0n) is 15.1. The predicted molar refractivity (Wildman–Crippen MR) is 106 cm³/mol. The molecule has 138 valence electrons. The van der Waals surface area contributed by atoms with Crippen molar-refractivity contribution in [3.63, 3.8) is 0 Å². The maximum Gasteiger partial charge on any atom is 0.318 e. The molecular formula is C23H23FN2O. The topological polar surface area (TPSA) is 32.3 Å². The third kappa shape index (κ3) is 5.68. The number of amides is 2. The Morgan fingerprint density at radius 2 is 1.30 bits per heavy atom. The van der Waals surface area contributed by atoms with Crippen LogP contribution in [0.5, 0.6) is 0 Å². The Hall–Kier alpha value is -3.14. The summed E-state index contributed by atoms with van der Waals surface area (Å²) < 4.78 is 13.7. The minimum Gasteiger partial charge on any atom is -0.338 e. The highest BCUT2D eigenvalue weighted by atomic mass is 19.1. The van der Waals surface area contributed by atoms with Gasteiger partial charge in [0.1, 0.15) is 5.82 Å². The number of carbonyl (C=O) groups excluding carboxylic acids is 1. The van der Waals surface area contributed by atoms with Crippen molar-refractivity contribution in [2.45, 2.75) is 19.5 Å². The summed E-state index contributed by atoms with van der Waals surface area (Å²) in [4.78, 5) is 14.5. The first-order valence-electron chi connectivity index (χ1n) is 9.06. The van der Waals surface area contributed by atoms with Crippen LogP contribution >= 0.6 is 0 Å². The van der Waals surface area contributed by atoms with Crippen LogP contribution in [0.2, 0.25) is 0 Å². The average Bonchev–Trinajstić information content (AvgIpc) is 2.70. The predicted octanol–water partition coefficient (Wildman–Crippen LogP) is 4.78. The Kier molecular flexibility index (Phi) is 6.58. The second-order valence-electron chi connectivity index (χ2n) is 6.40.